The number of hydrogen-bond acceptors (Lipinski definition) is 4. The van der Waals surface area contributed by atoms with Crippen LogP contribution >= 0.6 is 0 Å². The summed E-state index contributed by atoms with van der Waals surface area (Å²) in [7, 11) is -3.50. The lowest BCUT2D eigenvalue weighted by Gasteiger charge is -2.20. The number of benzene rings is 1. The van der Waals surface area contributed by atoms with Crippen LogP contribution in [0.2, 0.25) is 0 Å². The van der Waals surface area contributed by atoms with E-state index in [2.05, 4.69) is 5.32 Å². The summed E-state index contributed by atoms with van der Waals surface area (Å²) < 4.78 is 32.0. The minimum atomic E-state index is -3.50. The molecule has 0 bridgehead atoms. The Bertz CT molecular complexity index is 690. The Kier molecular flexibility index (Phi) is 7.44. The van der Waals surface area contributed by atoms with E-state index in [1.54, 1.807) is 19.1 Å². The summed E-state index contributed by atoms with van der Waals surface area (Å²) in [6.45, 7) is 12.8. The number of ether oxygens (including phenoxy) is 1. The smallest absolute Gasteiger partial charge is 0.257 e. The number of sulfonamides is 1. The van der Waals surface area contributed by atoms with E-state index in [0.717, 1.165) is 0 Å². The summed E-state index contributed by atoms with van der Waals surface area (Å²) in [5.41, 5.74) is 0.684. The Morgan fingerprint density at radius 1 is 1.20 bits per heavy atom. The Morgan fingerprint density at radius 2 is 1.80 bits per heavy atom. The monoisotopic (exact) mass is 370 g/mol. The summed E-state index contributed by atoms with van der Waals surface area (Å²) in [5, 5.41) is 2.81. The van der Waals surface area contributed by atoms with E-state index in [1.165, 1.54) is 10.4 Å². The van der Waals surface area contributed by atoms with Gasteiger partial charge in [-0.3, -0.25) is 4.79 Å². The molecular weight excluding hydrogens is 340 g/mol. The third-order valence-electron chi connectivity index (χ3n) is 3.66. The molecule has 1 amide bonds. The fourth-order valence-corrected chi connectivity index (χ4v) is 3.76. The van der Waals surface area contributed by atoms with Crippen molar-refractivity contribution in [3.05, 3.63) is 23.8 Å². The van der Waals surface area contributed by atoms with Gasteiger partial charge in [0, 0.05) is 19.6 Å². The number of carbonyl (C=O) groups excluding carboxylic acids is 1. The van der Waals surface area contributed by atoms with Crippen LogP contribution in [0.4, 0.5) is 0 Å². The molecule has 1 N–H and O–H groups in total. The van der Waals surface area contributed by atoms with Gasteiger partial charge in [-0.15, -0.1) is 0 Å². The van der Waals surface area contributed by atoms with E-state index in [0.29, 0.717) is 30.9 Å². The highest BCUT2D eigenvalue weighted by molar-refractivity contribution is 7.89. The lowest BCUT2D eigenvalue weighted by molar-refractivity contribution is -0.123. The van der Waals surface area contributed by atoms with Crippen molar-refractivity contribution < 1.29 is 17.9 Å². The van der Waals surface area contributed by atoms with Crippen LogP contribution in [-0.2, 0) is 14.8 Å². The van der Waals surface area contributed by atoms with E-state index in [4.69, 9.17) is 4.74 Å². The predicted molar refractivity (Wildman–Crippen MR) is 99.2 cm³/mol. The molecule has 142 valence electrons. The lowest BCUT2D eigenvalue weighted by atomic mass is 9.97. The van der Waals surface area contributed by atoms with E-state index in [-0.39, 0.29) is 22.8 Å². The van der Waals surface area contributed by atoms with E-state index < -0.39 is 10.0 Å². The fourth-order valence-electron chi connectivity index (χ4n) is 2.21. The highest BCUT2D eigenvalue weighted by atomic mass is 32.2. The van der Waals surface area contributed by atoms with Crippen molar-refractivity contribution in [2.45, 2.75) is 46.4 Å². The Morgan fingerprint density at radius 3 is 2.28 bits per heavy atom. The van der Waals surface area contributed by atoms with Gasteiger partial charge < -0.3 is 10.1 Å². The van der Waals surface area contributed by atoms with E-state index >= 15 is 0 Å². The highest BCUT2D eigenvalue weighted by Crippen LogP contribution is 2.24. The van der Waals surface area contributed by atoms with Crippen LogP contribution < -0.4 is 10.1 Å². The molecule has 0 heterocycles. The molecule has 0 fully saturated rings. The number of rotatable bonds is 8. The van der Waals surface area contributed by atoms with Crippen LogP contribution in [0.5, 0.6) is 5.75 Å². The zero-order valence-electron chi connectivity index (χ0n) is 16.0. The molecule has 25 heavy (non-hydrogen) atoms. The third-order valence-corrected chi connectivity index (χ3v) is 5.71. The van der Waals surface area contributed by atoms with Crippen molar-refractivity contribution in [3.8, 4) is 5.75 Å². The van der Waals surface area contributed by atoms with E-state index in [9.17, 15) is 13.2 Å². The molecule has 0 saturated carbocycles. The van der Waals surface area contributed by atoms with Gasteiger partial charge in [0.1, 0.15) is 5.75 Å². The zero-order valence-corrected chi connectivity index (χ0v) is 16.9. The number of hydrogen-bond donors (Lipinski definition) is 1. The first-order valence-corrected chi connectivity index (χ1v) is 9.95. The van der Waals surface area contributed by atoms with Crippen LogP contribution in [0.15, 0.2) is 23.1 Å². The van der Waals surface area contributed by atoms with Crippen molar-refractivity contribution in [1.29, 1.82) is 0 Å². The Hall–Kier alpha value is -1.60. The quantitative estimate of drug-likeness (QED) is 0.763. The van der Waals surface area contributed by atoms with E-state index in [1.807, 2.05) is 34.6 Å². The summed E-state index contributed by atoms with van der Waals surface area (Å²) in [5.74, 6) is 0.304. The molecule has 0 unspecified atom stereocenters. The first-order valence-electron chi connectivity index (χ1n) is 8.51. The SMILES string of the molecule is CCN(CC)S(=O)(=O)c1ccc(OCC(=O)NCC(C)(C)C)c(C)c1. The zero-order chi connectivity index (χ0) is 19.3. The van der Waals surface area contributed by atoms with Gasteiger partial charge in [0.05, 0.1) is 4.90 Å². The molecule has 7 heteroatoms. The van der Waals surface area contributed by atoms with Crippen LogP contribution in [0.25, 0.3) is 0 Å². The first-order chi connectivity index (χ1) is 11.5. The van der Waals surface area contributed by atoms with Gasteiger partial charge in [0.25, 0.3) is 5.91 Å². The topological polar surface area (TPSA) is 75.7 Å². The van der Waals surface area contributed by atoms with Gasteiger partial charge in [0.15, 0.2) is 6.61 Å². The van der Waals surface area contributed by atoms with Crippen molar-refractivity contribution in [2.24, 2.45) is 5.41 Å². The number of nitrogens with zero attached hydrogens (tertiary/aromatic N) is 1. The van der Waals surface area contributed by atoms with Gasteiger partial charge in [0.2, 0.25) is 10.0 Å². The molecule has 0 aromatic heterocycles. The molecule has 6 nitrogen and oxygen atoms in total. The number of nitrogens with one attached hydrogen (secondary N) is 1. The molecule has 1 aromatic rings. The normalized spacial score (nSPS) is 12.3. The van der Waals surface area contributed by atoms with Crippen molar-refractivity contribution in [3.63, 3.8) is 0 Å². The average Bonchev–Trinajstić information content (AvgIpc) is 2.51. The summed E-state index contributed by atoms with van der Waals surface area (Å²) in [6, 6.07) is 4.70. The number of aryl methyl sites for hydroxylation is 1. The minimum absolute atomic E-state index is 0.00597. The second-order valence-corrected chi connectivity index (χ2v) is 9.08. The molecule has 1 rings (SSSR count). The molecule has 0 spiro atoms. The maximum atomic E-state index is 12.5. The highest BCUT2D eigenvalue weighted by Gasteiger charge is 2.22. The standard InChI is InChI=1S/C18H30N2O4S/c1-7-20(8-2)25(22,23)15-9-10-16(14(3)11-15)24-12-17(21)19-13-18(4,5)6/h9-11H,7-8,12-13H2,1-6H3,(H,19,21). The second kappa shape index (κ2) is 8.67. The Balaban J connectivity index is 2.78. The van der Waals surface area contributed by atoms with Crippen LogP contribution in [0, 0.1) is 12.3 Å². The molecule has 0 aliphatic rings. The maximum Gasteiger partial charge on any atom is 0.257 e. The Labute approximate surface area is 151 Å². The van der Waals surface area contributed by atoms with Gasteiger partial charge >= 0.3 is 0 Å². The van der Waals surface area contributed by atoms with Crippen LogP contribution in [0.3, 0.4) is 0 Å². The van der Waals surface area contributed by atoms with Gasteiger partial charge in [-0.05, 0) is 36.1 Å². The van der Waals surface area contributed by atoms with Crippen molar-refractivity contribution in [1.82, 2.24) is 9.62 Å². The molecule has 0 saturated heterocycles. The van der Waals surface area contributed by atoms with Crippen molar-refractivity contribution in [2.75, 3.05) is 26.2 Å². The summed E-state index contributed by atoms with van der Waals surface area (Å²) in [4.78, 5) is 12.1. The van der Waals surface area contributed by atoms with Gasteiger partial charge in [-0.1, -0.05) is 34.6 Å². The molecule has 0 aliphatic carbocycles. The van der Waals surface area contributed by atoms with Gasteiger partial charge in [-0.25, -0.2) is 8.42 Å². The van der Waals surface area contributed by atoms with Crippen LogP contribution in [-0.4, -0.2) is 44.9 Å². The number of amides is 1. The van der Waals surface area contributed by atoms with Gasteiger partial charge in [-0.2, -0.15) is 4.31 Å². The molecule has 0 atom stereocenters. The lowest BCUT2D eigenvalue weighted by Crippen LogP contribution is -2.35. The maximum absolute atomic E-state index is 12.5. The van der Waals surface area contributed by atoms with Crippen molar-refractivity contribution >= 4 is 15.9 Å². The molecular formula is C18H30N2O4S. The second-order valence-electron chi connectivity index (χ2n) is 7.14. The predicted octanol–water partition coefficient (Wildman–Crippen LogP) is 2.57. The average molecular weight is 371 g/mol. The molecule has 0 aliphatic heterocycles. The summed E-state index contributed by atoms with van der Waals surface area (Å²) >= 11 is 0. The minimum Gasteiger partial charge on any atom is -0.484 e. The third kappa shape index (κ3) is 6.32. The molecule has 1 aromatic carbocycles. The number of carbonyl (C=O) groups is 1. The fraction of sp³-hybridized carbons (Fsp3) is 0.611. The largest absolute Gasteiger partial charge is 0.484 e. The molecule has 0 radical (unpaired) electrons. The first kappa shape index (κ1) is 21.4. The van der Waals surface area contributed by atoms with Crippen LogP contribution in [0.1, 0.15) is 40.2 Å². The summed E-state index contributed by atoms with van der Waals surface area (Å²) in [6.07, 6.45) is 0.